The summed E-state index contributed by atoms with van der Waals surface area (Å²) in [5.74, 6) is 1.16. The van der Waals surface area contributed by atoms with Crippen molar-refractivity contribution in [2.45, 2.75) is 39.3 Å². The molecule has 5 heteroatoms. The number of fused-ring (bicyclic) bond motifs is 1. The average Bonchev–Trinajstić information content (AvgIpc) is 2.58. The molecule has 0 fully saturated rings. The van der Waals surface area contributed by atoms with Crippen molar-refractivity contribution in [2.75, 3.05) is 6.61 Å². The number of aryl methyl sites for hydroxylation is 1. The van der Waals surface area contributed by atoms with Gasteiger partial charge in [-0.05, 0) is 25.1 Å². The van der Waals surface area contributed by atoms with E-state index in [4.69, 9.17) is 4.74 Å². The number of aromatic nitrogens is 2. The average molecular weight is 278 g/mol. The summed E-state index contributed by atoms with van der Waals surface area (Å²) in [6.45, 7) is 10.3. The Morgan fingerprint density at radius 2 is 2.05 bits per heavy atom. The molecular weight excluding hydrogens is 256 g/mol. The Hall–Kier alpha value is -1.33. The number of ether oxygens (including phenoxy) is 1. The highest BCUT2D eigenvalue weighted by Gasteiger charge is 2.13. The number of benzene rings is 1. The lowest BCUT2D eigenvalue weighted by Crippen LogP contribution is -2.22. The van der Waals surface area contributed by atoms with Gasteiger partial charge in [0.2, 0.25) is 0 Å². The minimum Gasteiger partial charge on any atom is -0.508 e. The zero-order valence-electron chi connectivity index (χ0n) is 12.1. The Kier molecular flexibility index (Phi) is 3.96. The van der Waals surface area contributed by atoms with E-state index in [1.54, 1.807) is 12.1 Å². The molecule has 0 radical (unpaired) electrons. The van der Waals surface area contributed by atoms with E-state index in [2.05, 4.69) is 24.6 Å². The summed E-state index contributed by atoms with van der Waals surface area (Å²) < 4.78 is 7.81. The molecule has 19 heavy (non-hydrogen) atoms. The zero-order chi connectivity index (χ0) is 14.0. The molecule has 1 aromatic heterocycles. The van der Waals surface area contributed by atoms with Crippen LogP contribution in [0.2, 0.25) is 25.7 Å². The van der Waals surface area contributed by atoms with Gasteiger partial charge in [0.1, 0.15) is 18.3 Å². The van der Waals surface area contributed by atoms with Crippen LogP contribution in [-0.2, 0) is 11.5 Å². The van der Waals surface area contributed by atoms with E-state index in [9.17, 15) is 5.11 Å². The van der Waals surface area contributed by atoms with Gasteiger partial charge < -0.3 is 14.4 Å². The minimum absolute atomic E-state index is 0.247. The van der Waals surface area contributed by atoms with Crippen molar-refractivity contribution < 1.29 is 9.84 Å². The molecular formula is C14H22N2O2Si. The summed E-state index contributed by atoms with van der Waals surface area (Å²) in [7, 11) is -1.04. The van der Waals surface area contributed by atoms with Gasteiger partial charge in [-0.15, -0.1) is 0 Å². The maximum absolute atomic E-state index is 9.46. The van der Waals surface area contributed by atoms with Crippen molar-refractivity contribution in [1.29, 1.82) is 0 Å². The molecule has 0 aliphatic carbocycles. The molecule has 2 aromatic rings. The molecule has 1 aromatic carbocycles. The van der Waals surface area contributed by atoms with Gasteiger partial charge in [0.05, 0.1) is 11.0 Å². The summed E-state index contributed by atoms with van der Waals surface area (Å²) in [5, 5.41) is 9.46. The van der Waals surface area contributed by atoms with E-state index in [1.807, 2.05) is 17.6 Å². The Balaban J connectivity index is 2.06. The van der Waals surface area contributed by atoms with Gasteiger partial charge in [0, 0.05) is 20.7 Å². The number of nitrogens with zero attached hydrogens (tertiary/aromatic N) is 2. The van der Waals surface area contributed by atoms with Gasteiger partial charge in [-0.1, -0.05) is 19.6 Å². The second-order valence-corrected chi connectivity index (χ2v) is 11.7. The lowest BCUT2D eigenvalue weighted by molar-refractivity contribution is 0.0885. The number of aromatic hydroxyl groups is 1. The first kappa shape index (κ1) is 14.1. The second-order valence-electron chi connectivity index (χ2n) is 6.11. The molecule has 1 N–H and O–H groups in total. The minimum atomic E-state index is -1.04. The molecule has 0 saturated heterocycles. The van der Waals surface area contributed by atoms with Crippen molar-refractivity contribution in [3.8, 4) is 5.75 Å². The molecule has 2 rings (SSSR count). The van der Waals surface area contributed by atoms with Crippen LogP contribution in [0, 0.1) is 6.92 Å². The van der Waals surface area contributed by atoms with Crippen LogP contribution in [0.3, 0.4) is 0 Å². The standard InChI is InChI=1S/C14H22N2O2Si/c1-11-15-13-9-12(17)5-6-14(13)16(11)10-18-7-8-19(2,3)4/h5-6,9,17H,7-8,10H2,1-4H3. The van der Waals surface area contributed by atoms with Crippen LogP contribution in [0.1, 0.15) is 5.82 Å². The molecule has 0 saturated carbocycles. The first-order valence-electron chi connectivity index (χ1n) is 6.60. The van der Waals surface area contributed by atoms with Gasteiger partial charge >= 0.3 is 0 Å². The fraction of sp³-hybridized carbons (Fsp3) is 0.500. The maximum Gasteiger partial charge on any atom is 0.124 e. The van der Waals surface area contributed by atoms with Gasteiger partial charge in [0.15, 0.2) is 0 Å². The third-order valence-electron chi connectivity index (χ3n) is 3.14. The number of imidazole rings is 1. The van der Waals surface area contributed by atoms with Crippen LogP contribution in [-0.4, -0.2) is 29.3 Å². The van der Waals surface area contributed by atoms with Crippen LogP contribution in [0.15, 0.2) is 18.2 Å². The number of hydrogen-bond acceptors (Lipinski definition) is 3. The third kappa shape index (κ3) is 3.58. The maximum atomic E-state index is 9.46. The highest BCUT2D eigenvalue weighted by Crippen LogP contribution is 2.21. The lowest BCUT2D eigenvalue weighted by Gasteiger charge is -2.16. The van der Waals surface area contributed by atoms with Crippen LogP contribution >= 0.6 is 0 Å². The van der Waals surface area contributed by atoms with E-state index in [0.29, 0.717) is 6.73 Å². The summed E-state index contributed by atoms with van der Waals surface area (Å²) in [6, 6.07) is 6.41. The van der Waals surface area contributed by atoms with Crippen LogP contribution in [0.5, 0.6) is 5.75 Å². The van der Waals surface area contributed by atoms with E-state index in [0.717, 1.165) is 23.5 Å². The van der Waals surface area contributed by atoms with Crippen molar-refractivity contribution in [3.05, 3.63) is 24.0 Å². The third-order valence-corrected chi connectivity index (χ3v) is 4.84. The first-order chi connectivity index (χ1) is 8.87. The molecule has 0 amide bonds. The smallest absolute Gasteiger partial charge is 0.124 e. The highest BCUT2D eigenvalue weighted by molar-refractivity contribution is 6.76. The molecule has 1 heterocycles. The monoisotopic (exact) mass is 278 g/mol. The quantitative estimate of drug-likeness (QED) is 0.674. The number of rotatable bonds is 5. The molecule has 104 valence electrons. The predicted octanol–water partition coefficient (Wildman–Crippen LogP) is 3.36. The van der Waals surface area contributed by atoms with E-state index >= 15 is 0 Å². The van der Waals surface area contributed by atoms with Crippen LogP contribution in [0.25, 0.3) is 11.0 Å². The summed E-state index contributed by atoms with van der Waals surface area (Å²) in [5.41, 5.74) is 1.81. The van der Waals surface area contributed by atoms with Crippen LogP contribution < -0.4 is 0 Å². The van der Waals surface area contributed by atoms with Crippen molar-refractivity contribution in [2.24, 2.45) is 0 Å². The molecule has 0 unspecified atom stereocenters. The molecule has 0 aliphatic rings. The second kappa shape index (κ2) is 5.34. The normalized spacial score (nSPS) is 12.2. The van der Waals surface area contributed by atoms with E-state index in [1.165, 1.54) is 6.04 Å². The zero-order valence-corrected chi connectivity index (χ0v) is 13.1. The van der Waals surface area contributed by atoms with Gasteiger partial charge in [-0.3, -0.25) is 0 Å². The van der Waals surface area contributed by atoms with Crippen molar-refractivity contribution >= 4 is 19.1 Å². The lowest BCUT2D eigenvalue weighted by atomic mass is 10.3. The largest absolute Gasteiger partial charge is 0.508 e. The Morgan fingerprint density at radius 3 is 2.74 bits per heavy atom. The summed E-state index contributed by atoms with van der Waals surface area (Å²) in [4.78, 5) is 4.43. The van der Waals surface area contributed by atoms with E-state index in [-0.39, 0.29) is 5.75 Å². The number of hydrogen-bond donors (Lipinski definition) is 1. The molecule has 0 bridgehead atoms. The van der Waals surface area contributed by atoms with Crippen molar-refractivity contribution in [1.82, 2.24) is 9.55 Å². The van der Waals surface area contributed by atoms with Crippen LogP contribution in [0.4, 0.5) is 0 Å². The van der Waals surface area contributed by atoms with E-state index < -0.39 is 8.07 Å². The van der Waals surface area contributed by atoms with Gasteiger partial charge in [0.25, 0.3) is 0 Å². The number of phenols is 1. The first-order valence-corrected chi connectivity index (χ1v) is 10.3. The Morgan fingerprint density at radius 1 is 1.32 bits per heavy atom. The molecule has 0 atom stereocenters. The van der Waals surface area contributed by atoms with Gasteiger partial charge in [-0.25, -0.2) is 4.98 Å². The summed E-state index contributed by atoms with van der Waals surface area (Å²) in [6.07, 6.45) is 0. The SMILES string of the molecule is Cc1nc2cc(O)ccc2n1COCC[Si](C)(C)C. The highest BCUT2D eigenvalue weighted by atomic mass is 28.3. The fourth-order valence-electron chi connectivity index (χ4n) is 1.94. The van der Waals surface area contributed by atoms with Crippen molar-refractivity contribution in [3.63, 3.8) is 0 Å². The molecule has 0 spiro atoms. The molecule has 0 aliphatic heterocycles. The molecule has 4 nitrogen and oxygen atoms in total. The summed E-state index contributed by atoms with van der Waals surface area (Å²) >= 11 is 0. The number of phenolic OH excluding ortho intramolecular Hbond substituents is 1. The Labute approximate surface area is 115 Å². The topological polar surface area (TPSA) is 47.3 Å². The predicted molar refractivity (Wildman–Crippen MR) is 80.2 cm³/mol. The fourth-order valence-corrected chi connectivity index (χ4v) is 2.69. The Bertz CT molecular complexity index is 573. The van der Waals surface area contributed by atoms with Gasteiger partial charge in [-0.2, -0.15) is 0 Å².